The van der Waals surface area contributed by atoms with Crippen LogP contribution in [0.5, 0.6) is 0 Å². The van der Waals surface area contributed by atoms with Crippen molar-refractivity contribution in [2.45, 2.75) is 96.4 Å². The van der Waals surface area contributed by atoms with Crippen LogP contribution < -0.4 is 21.3 Å². The molecule has 1 aromatic heterocycles. The van der Waals surface area contributed by atoms with Gasteiger partial charge in [-0.05, 0) is 125 Å². The van der Waals surface area contributed by atoms with E-state index in [-0.39, 0.29) is 48.1 Å². The van der Waals surface area contributed by atoms with E-state index >= 15 is 0 Å². The van der Waals surface area contributed by atoms with Crippen LogP contribution in [-0.4, -0.2) is 69.5 Å². The second-order valence-electron chi connectivity index (χ2n) is 15.5. The standard InChI is InChI=1S/C41H50N6O6/c1-24-17-29(38(50)45-32-19-33(48)20-32)14-16-34(24)27-9-5-25(6-10-27)18-36(39(51)44-31-15-13-30-23-43-47-35(30)21-31)46-37(49)28-11-7-26(8-12-28)22-42-40(52)53-41(2,3)4/h5-6,9-10,13-17,21,23,26,28,32-33,36,48H,7-8,11-12,18-20,22H2,1-4H3,(H,42,52)(H,43,47)(H,44,51)(H,45,50)(H,46,49)/t26-,28-,32?,33?,36-/m0/s1. The number of ether oxygens (including phenoxy) is 1. The van der Waals surface area contributed by atoms with Gasteiger partial charge in [-0.2, -0.15) is 5.10 Å². The molecule has 12 nitrogen and oxygen atoms in total. The number of aryl methyl sites for hydroxylation is 1. The van der Waals surface area contributed by atoms with Gasteiger partial charge in [-0.3, -0.25) is 19.5 Å². The molecule has 0 unspecified atom stereocenters. The number of H-pyrrole nitrogens is 1. The zero-order valence-corrected chi connectivity index (χ0v) is 30.8. The minimum Gasteiger partial charge on any atom is -0.444 e. The summed E-state index contributed by atoms with van der Waals surface area (Å²) < 4.78 is 5.35. The number of rotatable bonds is 11. The first-order chi connectivity index (χ1) is 25.3. The number of anilines is 1. The number of nitrogens with one attached hydrogen (secondary N) is 5. The molecule has 6 rings (SSSR count). The van der Waals surface area contributed by atoms with E-state index < -0.39 is 17.7 Å². The van der Waals surface area contributed by atoms with Crippen molar-refractivity contribution in [1.82, 2.24) is 26.1 Å². The molecule has 2 aliphatic rings. The van der Waals surface area contributed by atoms with Gasteiger partial charge in [0.1, 0.15) is 11.6 Å². The Kier molecular flexibility index (Phi) is 11.5. The number of benzene rings is 3. The van der Waals surface area contributed by atoms with Gasteiger partial charge in [0.2, 0.25) is 11.8 Å². The van der Waals surface area contributed by atoms with Gasteiger partial charge in [0.15, 0.2) is 0 Å². The number of aliphatic hydroxyl groups excluding tert-OH is 1. The highest BCUT2D eigenvalue weighted by atomic mass is 16.6. The van der Waals surface area contributed by atoms with E-state index in [9.17, 15) is 24.3 Å². The molecule has 0 bridgehead atoms. The average Bonchev–Trinajstić information content (AvgIpc) is 3.58. The van der Waals surface area contributed by atoms with Crippen LogP contribution in [0.1, 0.15) is 80.8 Å². The molecule has 0 spiro atoms. The number of amides is 4. The highest BCUT2D eigenvalue weighted by Gasteiger charge is 2.31. The summed E-state index contributed by atoms with van der Waals surface area (Å²) in [4.78, 5) is 52.3. The number of carbonyl (C=O) groups is 4. The van der Waals surface area contributed by atoms with Crippen LogP contribution >= 0.6 is 0 Å². The number of aromatic nitrogens is 2. The summed E-state index contributed by atoms with van der Waals surface area (Å²) in [6, 6.07) is 18.2. The van der Waals surface area contributed by atoms with Crippen molar-refractivity contribution in [2.75, 3.05) is 11.9 Å². The monoisotopic (exact) mass is 722 g/mol. The van der Waals surface area contributed by atoms with E-state index in [0.717, 1.165) is 46.0 Å². The topological polar surface area (TPSA) is 175 Å². The van der Waals surface area contributed by atoms with Crippen molar-refractivity contribution < 1.29 is 29.0 Å². The zero-order valence-electron chi connectivity index (χ0n) is 30.8. The normalized spacial score (nSPS) is 20.5. The summed E-state index contributed by atoms with van der Waals surface area (Å²) in [5.41, 5.74) is 5.18. The molecule has 53 heavy (non-hydrogen) atoms. The molecule has 4 amide bonds. The van der Waals surface area contributed by atoms with Crippen LogP contribution in [0.2, 0.25) is 0 Å². The van der Waals surface area contributed by atoms with Crippen molar-refractivity contribution >= 4 is 40.4 Å². The number of carbonyl (C=O) groups excluding carboxylic acids is 4. The minimum absolute atomic E-state index is 0.00977. The quantitative estimate of drug-likeness (QED) is 0.114. The summed E-state index contributed by atoms with van der Waals surface area (Å²) in [5, 5.41) is 29.3. The lowest BCUT2D eigenvalue weighted by Crippen LogP contribution is -2.48. The maximum absolute atomic E-state index is 13.8. The fourth-order valence-corrected chi connectivity index (χ4v) is 7.07. The largest absolute Gasteiger partial charge is 0.444 e. The third-order valence-corrected chi connectivity index (χ3v) is 10.1. The molecule has 3 aromatic carbocycles. The van der Waals surface area contributed by atoms with E-state index in [4.69, 9.17) is 4.74 Å². The van der Waals surface area contributed by atoms with Gasteiger partial charge in [0, 0.05) is 41.6 Å². The Morgan fingerprint density at radius 3 is 2.38 bits per heavy atom. The molecule has 2 saturated carbocycles. The van der Waals surface area contributed by atoms with E-state index in [1.165, 1.54) is 0 Å². The molecule has 1 heterocycles. The Balaban J connectivity index is 1.10. The summed E-state index contributed by atoms with van der Waals surface area (Å²) >= 11 is 0. The predicted molar refractivity (Wildman–Crippen MR) is 203 cm³/mol. The first-order valence-corrected chi connectivity index (χ1v) is 18.5. The van der Waals surface area contributed by atoms with E-state index in [1.807, 2.05) is 88.4 Å². The van der Waals surface area contributed by atoms with Gasteiger partial charge in [-0.1, -0.05) is 30.3 Å². The Morgan fingerprint density at radius 1 is 0.962 bits per heavy atom. The molecule has 0 aliphatic heterocycles. The molecule has 12 heteroatoms. The Hall–Kier alpha value is -5.23. The van der Waals surface area contributed by atoms with E-state index in [1.54, 1.807) is 6.20 Å². The Bertz CT molecular complexity index is 1940. The molecule has 2 aliphatic carbocycles. The molecule has 1 atom stereocenters. The van der Waals surface area contributed by atoms with Gasteiger partial charge in [0.25, 0.3) is 5.91 Å². The minimum atomic E-state index is -0.825. The van der Waals surface area contributed by atoms with Gasteiger partial charge in [-0.15, -0.1) is 0 Å². The Morgan fingerprint density at radius 2 is 1.70 bits per heavy atom. The lowest BCUT2D eigenvalue weighted by molar-refractivity contribution is -0.130. The lowest BCUT2D eigenvalue weighted by atomic mass is 9.81. The average molecular weight is 723 g/mol. The number of nitrogens with zero attached hydrogens (tertiary/aromatic N) is 1. The van der Waals surface area contributed by atoms with Crippen LogP contribution in [0, 0.1) is 18.8 Å². The molecule has 6 N–H and O–H groups in total. The molecule has 0 radical (unpaired) electrons. The SMILES string of the molecule is Cc1cc(C(=O)NC2CC(O)C2)ccc1-c1ccc(C[C@H](NC(=O)[C@H]2CC[C@H](CNC(=O)OC(C)(C)C)CC2)C(=O)Nc2ccc3cn[nH]c3c2)cc1. The fraction of sp³-hybridized carbons (Fsp3) is 0.439. The fourth-order valence-electron chi connectivity index (χ4n) is 7.07. The number of aromatic amines is 1. The van der Waals surface area contributed by atoms with Crippen molar-refractivity contribution in [3.8, 4) is 11.1 Å². The van der Waals surface area contributed by atoms with Crippen LogP contribution in [0.4, 0.5) is 10.5 Å². The first kappa shape index (κ1) is 37.5. The summed E-state index contributed by atoms with van der Waals surface area (Å²) in [7, 11) is 0. The molecule has 4 aromatic rings. The molecular formula is C41H50N6O6. The highest BCUT2D eigenvalue weighted by Crippen LogP contribution is 2.30. The number of aliphatic hydroxyl groups is 1. The van der Waals surface area contributed by atoms with Gasteiger partial charge < -0.3 is 31.1 Å². The molecule has 0 saturated heterocycles. The highest BCUT2D eigenvalue weighted by molar-refractivity contribution is 5.99. The summed E-state index contributed by atoms with van der Waals surface area (Å²) in [5.74, 6) is -0.609. The smallest absolute Gasteiger partial charge is 0.407 e. The van der Waals surface area contributed by atoms with Crippen LogP contribution in [0.3, 0.4) is 0 Å². The lowest BCUT2D eigenvalue weighted by Gasteiger charge is -2.32. The van der Waals surface area contributed by atoms with Crippen molar-refractivity contribution in [1.29, 1.82) is 0 Å². The summed E-state index contributed by atoms with van der Waals surface area (Å²) in [6.45, 7) is 7.94. The van der Waals surface area contributed by atoms with Crippen LogP contribution in [-0.2, 0) is 20.7 Å². The van der Waals surface area contributed by atoms with E-state index in [0.29, 0.717) is 43.5 Å². The van der Waals surface area contributed by atoms with Crippen LogP contribution in [0.15, 0.2) is 66.9 Å². The maximum Gasteiger partial charge on any atom is 0.407 e. The number of hydrogen-bond acceptors (Lipinski definition) is 7. The zero-order chi connectivity index (χ0) is 37.7. The van der Waals surface area contributed by atoms with Crippen molar-refractivity contribution in [3.05, 3.63) is 83.6 Å². The molecular weight excluding hydrogens is 672 g/mol. The third kappa shape index (κ3) is 10.0. The maximum atomic E-state index is 13.8. The van der Waals surface area contributed by atoms with Crippen molar-refractivity contribution in [2.24, 2.45) is 11.8 Å². The predicted octanol–water partition coefficient (Wildman–Crippen LogP) is 5.79. The van der Waals surface area contributed by atoms with Gasteiger partial charge >= 0.3 is 6.09 Å². The number of fused-ring (bicyclic) bond motifs is 1. The van der Waals surface area contributed by atoms with Gasteiger partial charge in [-0.25, -0.2) is 4.79 Å². The van der Waals surface area contributed by atoms with Crippen LogP contribution in [0.25, 0.3) is 22.0 Å². The third-order valence-electron chi connectivity index (χ3n) is 10.1. The molecule has 280 valence electrons. The Labute approximate surface area is 309 Å². The summed E-state index contributed by atoms with van der Waals surface area (Å²) in [6.07, 6.45) is 5.28. The van der Waals surface area contributed by atoms with E-state index in [2.05, 4.69) is 31.5 Å². The second kappa shape index (κ2) is 16.2. The van der Waals surface area contributed by atoms with Gasteiger partial charge in [0.05, 0.1) is 17.8 Å². The van der Waals surface area contributed by atoms with Crippen molar-refractivity contribution in [3.63, 3.8) is 0 Å². The number of alkyl carbamates (subject to hydrolysis) is 1. The second-order valence-corrected chi connectivity index (χ2v) is 15.5. The number of hydrogen-bond donors (Lipinski definition) is 6. The first-order valence-electron chi connectivity index (χ1n) is 18.5. The molecule has 2 fully saturated rings.